The molecule has 0 heterocycles. The van der Waals surface area contributed by atoms with Crippen molar-refractivity contribution < 1.29 is 9.31 Å². The van der Waals surface area contributed by atoms with Crippen molar-refractivity contribution >= 4 is 5.69 Å². The first-order valence-electron chi connectivity index (χ1n) is 5.60. The quantitative estimate of drug-likeness (QED) is 0.575. The molecule has 5 nitrogen and oxygen atoms in total. The number of benzene rings is 1. The van der Waals surface area contributed by atoms with E-state index in [9.17, 15) is 14.5 Å². The Labute approximate surface area is 105 Å². The summed E-state index contributed by atoms with van der Waals surface area (Å²) in [7, 11) is 0. The zero-order chi connectivity index (χ0) is 13.5. The predicted octanol–water partition coefficient (Wildman–Crippen LogP) is 2.47. The normalized spacial score (nSPS) is 10.3. The largest absolute Gasteiger partial charge is 0.298 e. The van der Waals surface area contributed by atoms with Crippen LogP contribution in [0, 0.1) is 27.3 Å². The molecular weight excluding hydrogens is 237 g/mol. The van der Waals surface area contributed by atoms with E-state index in [-0.39, 0.29) is 5.69 Å². The lowest BCUT2D eigenvalue weighted by Gasteiger charge is -2.18. The van der Waals surface area contributed by atoms with E-state index in [1.54, 1.807) is 0 Å². The van der Waals surface area contributed by atoms with Gasteiger partial charge in [-0.15, -0.1) is 0 Å². The SMILES string of the molecule is CCN(CCC#N)Cc1cc(F)cc([N+](=O)[O-])c1. The molecule has 18 heavy (non-hydrogen) atoms. The van der Waals surface area contributed by atoms with Gasteiger partial charge in [0.15, 0.2) is 0 Å². The fraction of sp³-hybridized carbons (Fsp3) is 0.417. The van der Waals surface area contributed by atoms with Gasteiger partial charge in [0.25, 0.3) is 5.69 Å². The summed E-state index contributed by atoms with van der Waals surface area (Å²) in [6.07, 6.45) is 0.380. The molecule has 6 heteroatoms. The minimum absolute atomic E-state index is 0.249. The summed E-state index contributed by atoms with van der Waals surface area (Å²) in [5.74, 6) is -0.615. The summed E-state index contributed by atoms with van der Waals surface area (Å²) < 4.78 is 13.2. The zero-order valence-electron chi connectivity index (χ0n) is 10.1. The molecule has 0 amide bonds. The second kappa shape index (κ2) is 6.67. The number of halogens is 1. The van der Waals surface area contributed by atoms with Crippen LogP contribution in [0.3, 0.4) is 0 Å². The van der Waals surface area contributed by atoms with Crippen molar-refractivity contribution in [3.63, 3.8) is 0 Å². The molecule has 0 unspecified atom stereocenters. The number of nitro benzene ring substituents is 1. The molecule has 1 rings (SSSR count). The maximum Gasteiger partial charge on any atom is 0.272 e. The van der Waals surface area contributed by atoms with Crippen molar-refractivity contribution in [1.82, 2.24) is 4.90 Å². The van der Waals surface area contributed by atoms with Crippen LogP contribution in [0.2, 0.25) is 0 Å². The van der Waals surface area contributed by atoms with Crippen LogP contribution in [0.1, 0.15) is 18.9 Å². The topological polar surface area (TPSA) is 70.2 Å². The van der Waals surface area contributed by atoms with Crippen LogP contribution in [0.5, 0.6) is 0 Å². The molecule has 0 N–H and O–H groups in total. The summed E-state index contributed by atoms with van der Waals surface area (Å²) in [6.45, 7) is 3.59. The molecule has 0 aromatic heterocycles. The van der Waals surface area contributed by atoms with Crippen LogP contribution in [0.25, 0.3) is 0 Å². The number of nitro groups is 1. The molecule has 0 radical (unpaired) electrons. The smallest absolute Gasteiger partial charge is 0.272 e. The van der Waals surface area contributed by atoms with Gasteiger partial charge in [0.05, 0.1) is 17.1 Å². The third kappa shape index (κ3) is 4.11. The Morgan fingerprint density at radius 3 is 2.78 bits per heavy atom. The van der Waals surface area contributed by atoms with E-state index in [0.29, 0.717) is 31.6 Å². The maximum atomic E-state index is 13.2. The number of non-ortho nitro benzene ring substituents is 1. The van der Waals surface area contributed by atoms with Crippen molar-refractivity contribution in [3.8, 4) is 6.07 Å². The first kappa shape index (κ1) is 14.1. The Hall–Kier alpha value is -2.00. The second-order valence-corrected chi connectivity index (χ2v) is 3.85. The fourth-order valence-electron chi connectivity index (χ4n) is 1.65. The third-order valence-corrected chi connectivity index (χ3v) is 2.55. The minimum atomic E-state index is -0.615. The number of hydrogen-bond acceptors (Lipinski definition) is 4. The summed E-state index contributed by atoms with van der Waals surface area (Å²) in [5, 5.41) is 19.1. The predicted molar refractivity (Wildman–Crippen MR) is 64.2 cm³/mol. The summed E-state index contributed by atoms with van der Waals surface area (Å²) in [4.78, 5) is 11.9. The van der Waals surface area contributed by atoms with Gasteiger partial charge in [0, 0.05) is 25.6 Å². The number of nitriles is 1. The second-order valence-electron chi connectivity index (χ2n) is 3.85. The summed E-state index contributed by atoms with van der Waals surface area (Å²) in [6, 6.07) is 5.57. The third-order valence-electron chi connectivity index (χ3n) is 2.55. The Balaban J connectivity index is 2.82. The van der Waals surface area contributed by atoms with E-state index < -0.39 is 10.7 Å². The van der Waals surface area contributed by atoms with Gasteiger partial charge in [-0.3, -0.25) is 15.0 Å². The molecule has 1 aromatic carbocycles. The van der Waals surface area contributed by atoms with Crippen LogP contribution < -0.4 is 0 Å². The molecule has 1 aromatic rings. The number of hydrogen-bond donors (Lipinski definition) is 0. The van der Waals surface area contributed by atoms with Crippen molar-refractivity contribution in [2.45, 2.75) is 19.9 Å². The highest BCUT2D eigenvalue weighted by Crippen LogP contribution is 2.17. The average molecular weight is 251 g/mol. The van der Waals surface area contributed by atoms with Gasteiger partial charge < -0.3 is 0 Å². The highest BCUT2D eigenvalue weighted by atomic mass is 19.1. The molecule has 0 fully saturated rings. The van der Waals surface area contributed by atoms with Gasteiger partial charge in [0.1, 0.15) is 5.82 Å². The highest BCUT2D eigenvalue weighted by molar-refractivity contribution is 5.35. The summed E-state index contributed by atoms with van der Waals surface area (Å²) >= 11 is 0. The zero-order valence-corrected chi connectivity index (χ0v) is 10.1. The van der Waals surface area contributed by atoms with Crippen molar-refractivity contribution in [1.29, 1.82) is 5.26 Å². The van der Waals surface area contributed by atoms with Crippen molar-refractivity contribution in [2.24, 2.45) is 0 Å². The Morgan fingerprint density at radius 2 is 2.22 bits per heavy atom. The molecule has 0 bridgehead atoms. The van der Waals surface area contributed by atoms with Gasteiger partial charge in [-0.25, -0.2) is 4.39 Å². The Bertz CT molecular complexity index is 471. The van der Waals surface area contributed by atoms with E-state index in [0.717, 1.165) is 6.07 Å². The Kier molecular flexibility index (Phi) is 5.21. The van der Waals surface area contributed by atoms with Crippen LogP contribution >= 0.6 is 0 Å². The molecule has 0 saturated heterocycles. The number of nitrogens with zero attached hydrogens (tertiary/aromatic N) is 3. The molecule has 0 saturated carbocycles. The average Bonchev–Trinajstić information content (AvgIpc) is 2.33. The van der Waals surface area contributed by atoms with E-state index in [1.807, 2.05) is 17.9 Å². The van der Waals surface area contributed by atoms with E-state index in [1.165, 1.54) is 12.1 Å². The van der Waals surface area contributed by atoms with E-state index >= 15 is 0 Å². The maximum absolute atomic E-state index is 13.2. The van der Waals surface area contributed by atoms with Gasteiger partial charge in [-0.2, -0.15) is 5.26 Å². The lowest BCUT2D eigenvalue weighted by molar-refractivity contribution is -0.385. The van der Waals surface area contributed by atoms with Crippen molar-refractivity contribution in [3.05, 3.63) is 39.7 Å². The molecular formula is C12H14FN3O2. The molecule has 0 aliphatic heterocycles. The van der Waals surface area contributed by atoms with Crippen LogP contribution in [-0.4, -0.2) is 22.9 Å². The minimum Gasteiger partial charge on any atom is -0.298 e. The van der Waals surface area contributed by atoms with Gasteiger partial charge in [-0.1, -0.05) is 6.92 Å². The highest BCUT2D eigenvalue weighted by Gasteiger charge is 2.11. The van der Waals surface area contributed by atoms with Gasteiger partial charge in [-0.05, 0) is 18.2 Å². The molecule has 0 aliphatic carbocycles. The standard InChI is InChI=1S/C12H14FN3O2/c1-2-15(5-3-4-14)9-10-6-11(13)8-12(7-10)16(17)18/h6-8H,2-3,5,9H2,1H3. The molecule has 0 aliphatic rings. The lowest BCUT2D eigenvalue weighted by Crippen LogP contribution is -2.23. The first-order chi connectivity index (χ1) is 8.56. The fourth-order valence-corrected chi connectivity index (χ4v) is 1.65. The lowest BCUT2D eigenvalue weighted by atomic mass is 10.1. The molecule has 96 valence electrons. The van der Waals surface area contributed by atoms with Crippen molar-refractivity contribution in [2.75, 3.05) is 13.1 Å². The monoisotopic (exact) mass is 251 g/mol. The summed E-state index contributed by atoms with van der Waals surface area (Å²) in [5.41, 5.74) is 0.294. The molecule has 0 atom stereocenters. The van der Waals surface area contributed by atoms with Gasteiger partial charge in [0.2, 0.25) is 0 Å². The van der Waals surface area contributed by atoms with E-state index in [4.69, 9.17) is 5.26 Å². The van der Waals surface area contributed by atoms with E-state index in [2.05, 4.69) is 0 Å². The van der Waals surface area contributed by atoms with Crippen LogP contribution in [-0.2, 0) is 6.54 Å². The van der Waals surface area contributed by atoms with Crippen LogP contribution in [0.15, 0.2) is 18.2 Å². The first-order valence-corrected chi connectivity index (χ1v) is 5.60. The Morgan fingerprint density at radius 1 is 1.50 bits per heavy atom. The van der Waals surface area contributed by atoms with Gasteiger partial charge >= 0.3 is 0 Å². The molecule has 0 spiro atoms. The number of rotatable bonds is 6. The van der Waals surface area contributed by atoms with Crippen LogP contribution in [0.4, 0.5) is 10.1 Å².